The van der Waals surface area contributed by atoms with E-state index in [9.17, 15) is 10.1 Å². The Kier molecular flexibility index (Phi) is 8.01. The molecule has 9 heteroatoms. The Morgan fingerprint density at radius 3 is 2.47 bits per heavy atom. The Morgan fingerprint density at radius 1 is 1.13 bits per heavy atom. The molecule has 2 aromatic rings. The van der Waals surface area contributed by atoms with E-state index in [1.54, 1.807) is 0 Å². The number of rotatable bonds is 9. The maximum atomic E-state index is 11.2. The summed E-state index contributed by atoms with van der Waals surface area (Å²) in [5.74, 6) is 1.35. The maximum Gasteiger partial charge on any atom is 0.312 e. The zero-order valence-corrected chi connectivity index (χ0v) is 18.2. The van der Waals surface area contributed by atoms with Crippen LogP contribution in [0.2, 0.25) is 10.0 Å². The standard InChI is InChI=1S/C21H24Cl2N2O5/c1-28-20-14-21(19(25(26)27)13-18(20)23)29-12-2-9-24-10-7-17(8-11-24)30-16-5-3-15(22)4-6-16/h3-6,13-14,17H,2,7-12H2,1H3. The summed E-state index contributed by atoms with van der Waals surface area (Å²) >= 11 is 11.9. The molecule has 1 saturated heterocycles. The van der Waals surface area contributed by atoms with Gasteiger partial charge in [-0.05, 0) is 43.5 Å². The van der Waals surface area contributed by atoms with E-state index in [0.29, 0.717) is 17.4 Å². The second-order valence-corrected chi connectivity index (χ2v) is 7.87. The fourth-order valence-electron chi connectivity index (χ4n) is 3.37. The molecule has 1 aliphatic heterocycles. The minimum Gasteiger partial charge on any atom is -0.495 e. The first kappa shape index (κ1) is 22.5. The second-order valence-electron chi connectivity index (χ2n) is 7.03. The largest absolute Gasteiger partial charge is 0.495 e. The highest BCUT2D eigenvalue weighted by Crippen LogP contribution is 2.37. The SMILES string of the molecule is COc1cc(OCCCN2CCC(Oc3ccc(Cl)cc3)CC2)c([N+](=O)[O-])cc1Cl. The van der Waals surface area contributed by atoms with Crippen molar-refractivity contribution in [1.82, 2.24) is 4.90 Å². The number of nitrogens with zero attached hydrogens (tertiary/aromatic N) is 2. The number of piperidine rings is 1. The van der Waals surface area contributed by atoms with Crippen LogP contribution in [0.3, 0.4) is 0 Å². The molecule has 0 saturated carbocycles. The molecule has 0 amide bonds. The summed E-state index contributed by atoms with van der Waals surface area (Å²) in [7, 11) is 1.46. The molecular weight excluding hydrogens is 431 g/mol. The van der Waals surface area contributed by atoms with Gasteiger partial charge >= 0.3 is 5.69 Å². The van der Waals surface area contributed by atoms with Gasteiger partial charge in [0.1, 0.15) is 17.6 Å². The number of halogens is 2. The molecule has 0 unspecified atom stereocenters. The fraction of sp³-hybridized carbons (Fsp3) is 0.429. The van der Waals surface area contributed by atoms with Crippen LogP contribution in [0, 0.1) is 10.1 Å². The first-order valence-corrected chi connectivity index (χ1v) is 10.5. The van der Waals surface area contributed by atoms with Crippen LogP contribution in [0.5, 0.6) is 17.2 Å². The van der Waals surface area contributed by atoms with Crippen LogP contribution in [0.1, 0.15) is 19.3 Å². The predicted octanol–water partition coefficient (Wildman–Crippen LogP) is 5.22. The van der Waals surface area contributed by atoms with Crippen molar-refractivity contribution >= 4 is 28.9 Å². The molecular formula is C21H24Cl2N2O5. The van der Waals surface area contributed by atoms with E-state index in [2.05, 4.69) is 4.90 Å². The Morgan fingerprint density at radius 2 is 1.83 bits per heavy atom. The predicted molar refractivity (Wildman–Crippen MR) is 116 cm³/mol. The molecule has 7 nitrogen and oxygen atoms in total. The van der Waals surface area contributed by atoms with E-state index in [-0.39, 0.29) is 22.6 Å². The number of ether oxygens (including phenoxy) is 3. The van der Waals surface area contributed by atoms with Crippen molar-refractivity contribution in [2.75, 3.05) is 33.4 Å². The lowest BCUT2D eigenvalue weighted by Crippen LogP contribution is -2.39. The van der Waals surface area contributed by atoms with Gasteiger partial charge in [-0.3, -0.25) is 10.1 Å². The third-order valence-electron chi connectivity index (χ3n) is 4.96. The molecule has 1 heterocycles. The summed E-state index contributed by atoms with van der Waals surface area (Å²) in [6, 6.07) is 10.1. The third-order valence-corrected chi connectivity index (χ3v) is 5.50. The van der Waals surface area contributed by atoms with Crippen LogP contribution in [0.25, 0.3) is 0 Å². The molecule has 0 N–H and O–H groups in total. The van der Waals surface area contributed by atoms with Crippen LogP contribution in [-0.4, -0.2) is 49.3 Å². The minimum atomic E-state index is -0.508. The van der Waals surface area contributed by atoms with Gasteiger partial charge in [-0.15, -0.1) is 0 Å². The number of methoxy groups -OCH3 is 1. The average molecular weight is 455 g/mol. The molecule has 0 radical (unpaired) electrons. The highest BCUT2D eigenvalue weighted by Gasteiger charge is 2.21. The van der Waals surface area contributed by atoms with E-state index < -0.39 is 4.92 Å². The molecule has 0 bridgehead atoms. The highest BCUT2D eigenvalue weighted by atomic mass is 35.5. The number of benzene rings is 2. The van der Waals surface area contributed by atoms with Gasteiger partial charge in [0.2, 0.25) is 5.75 Å². The number of nitro groups is 1. The van der Waals surface area contributed by atoms with E-state index in [1.807, 2.05) is 24.3 Å². The number of nitro benzene ring substituents is 1. The van der Waals surface area contributed by atoms with Crippen LogP contribution in [-0.2, 0) is 0 Å². The molecule has 0 atom stereocenters. The van der Waals surface area contributed by atoms with Gasteiger partial charge in [-0.1, -0.05) is 23.2 Å². The molecule has 2 aromatic carbocycles. The smallest absolute Gasteiger partial charge is 0.312 e. The number of hydrogen-bond acceptors (Lipinski definition) is 6. The van der Waals surface area contributed by atoms with Crippen molar-refractivity contribution in [3.8, 4) is 17.2 Å². The minimum absolute atomic E-state index is 0.163. The topological polar surface area (TPSA) is 74.1 Å². The summed E-state index contributed by atoms with van der Waals surface area (Å²) in [5, 5.41) is 12.1. The van der Waals surface area contributed by atoms with Crippen molar-refractivity contribution < 1.29 is 19.1 Å². The van der Waals surface area contributed by atoms with Gasteiger partial charge in [-0.25, -0.2) is 0 Å². The molecule has 1 fully saturated rings. The fourth-order valence-corrected chi connectivity index (χ4v) is 3.73. The Bertz CT molecular complexity index is 855. The van der Waals surface area contributed by atoms with E-state index in [1.165, 1.54) is 19.2 Å². The van der Waals surface area contributed by atoms with Crippen LogP contribution in [0.4, 0.5) is 5.69 Å². The van der Waals surface area contributed by atoms with Gasteiger partial charge in [0.05, 0.1) is 23.7 Å². The molecule has 0 aliphatic carbocycles. The third kappa shape index (κ3) is 6.14. The van der Waals surface area contributed by atoms with Gasteiger partial charge < -0.3 is 19.1 Å². The van der Waals surface area contributed by atoms with Gasteiger partial charge in [0.15, 0.2) is 0 Å². The zero-order chi connectivity index (χ0) is 21.5. The summed E-state index contributed by atoms with van der Waals surface area (Å²) in [5.41, 5.74) is -0.166. The van der Waals surface area contributed by atoms with Crippen molar-refractivity contribution in [3.63, 3.8) is 0 Å². The second kappa shape index (κ2) is 10.7. The molecule has 3 rings (SSSR count). The van der Waals surface area contributed by atoms with Crippen molar-refractivity contribution in [1.29, 1.82) is 0 Å². The average Bonchev–Trinajstić information content (AvgIpc) is 2.74. The summed E-state index contributed by atoms with van der Waals surface area (Å²) < 4.78 is 16.8. The maximum absolute atomic E-state index is 11.2. The molecule has 1 aliphatic rings. The lowest BCUT2D eigenvalue weighted by atomic mass is 10.1. The monoisotopic (exact) mass is 454 g/mol. The van der Waals surface area contributed by atoms with Gasteiger partial charge in [-0.2, -0.15) is 0 Å². The Labute approximate surface area is 185 Å². The molecule has 0 aromatic heterocycles. The lowest BCUT2D eigenvalue weighted by molar-refractivity contribution is -0.385. The van der Waals surface area contributed by atoms with Crippen LogP contribution in [0.15, 0.2) is 36.4 Å². The summed E-state index contributed by atoms with van der Waals surface area (Å²) in [4.78, 5) is 13.1. The van der Waals surface area contributed by atoms with Crippen LogP contribution >= 0.6 is 23.2 Å². The molecule has 162 valence electrons. The van der Waals surface area contributed by atoms with Crippen molar-refractivity contribution in [3.05, 3.63) is 56.6 Å². The van der Waals surface area contributed by atoms with Crippen LogP contribution < -0.4 is 14.2 Å². The van der Waals surface area contributed by atoms with Gasteiger partial charge in [0.25, 0.3) is 0 Å². The summed E-state index contributed by atoms with van der Waals surface area (Å²) in [6.45, 7) is 3.10. The number of likely N-dealkylation sites (tertiary alicyclic amines) is 1. The zero-order valence-electron chi connectivity index (χ0n) is 16.7. The summed E-state index contributed by atoms with van der Waals surface area (Å²) in [6.07, 6.45) is 2.85. The number of hydrogen-bond donors (Lipinski definition) is 0. The Balaban J connectivity index is 1.41. The Hall–Kier alpha value is -2.22. The van der Waals surface area contributed by atoms with Crippen molar-refractivity contribution in [2.45, 2.75) is 25.4 Å². The first-order chi connectivity index (χ1) is 14.5. The van der Waals surface area contributed by atoms with Crippen molar-refractivity contribution in [2.24, 2.45) is 0 Å². The quantitative estimate of drug-likeness (QED) is 0.293. The van der Waals surface area contributed by atoms with E-state index >= 15 is 0 Å². The van der Waals surface area contributed by atoms with Gasteiger partial charge in [0, 0.05) is 36.8 Å². The van der Waals surface area contributed by atoms with E-state index in [4.69, 9.17) is 37.4 Å². The molecule has 0 spiro atoms. The normalized spacial score (nSPS) is 15.0. The molecule has 30 heavy (non-hydrogen) atoms. The lowest BCUT2D eigenvalue weighted by Gasteiger charge is -2.32. The highest BCUT2D eigenvalue weighted by molar-refractivity contribution is 6.32. The first-order valence-electron chi connectivity index (χ1n) is 9.75. The van der Waals surface area contributed by atoms with E-state index in [0.717, 1.165) is 44.6 Å².